The van der Waals surface area contributed by atoms with E-state index in [9.17, 15) is 9.18 Å². The topological polar surface area (TPSA) is 50.4 Å². The van der Waals surface area contributed by atoms with Crippen molar-refractivity contribution in [3.63, 3.8) is 0 Å². The Morgan fingerprint density at radius 3 is 2.78 bits per heavy atom. The van der Waals surface area contributed by atoms with Gasteiger partial charge in [0.2, 0.25) is 5.91 Å². The Bertz CT molecular complexity index is 388. The first-order chi connectivity index (χ1) is 8.17. The average molecular weight is 277 g/mol. The normalized spacial score (nSPS) is 9.50. The molecule has 0 radical (unpaired) electrons. The Labute approximate surface area is 112 Å². The molecule has 0 saturated heterocycles. The van der Waals surface area contributed by atoms with Crippen LogP contribution in [0.3, 0.4) is 0 Å². The fourth-order valence-corrected chi connectivity index (χ4v) is 1.33. The number of rotatable bonds is 6. The van der Waals surface area contributed by atoms with Crippen LogP contribution in [0.15, 0.2) is 18.2 Å². The van der Waals surface area contributed by atoms with Crippen molar-refractivity contribution in [3.8, 4) is 5.75 Å². The second kappa shape index (κ2) is 8.72. The molecule has 0 spiro atoms. The molecule has 6 heteroatoms. The molecule has 1 rings (SSSR count). The third kappa shape index (κ3) is 5.33. The highest BCUT2D eigenvalue weighted by Crippen LogP contribution is 2.25. The van der Waals surface area contributed by atoms with Crippen molar-refractivity contribution >= 4 is 24.0 Å². The summed E-state index contributed by atoms with van der Waals surface area (Å²) in [7, 11) is 1.77. The lowest BCUT2D eigenvalue weighted by Crippen LogP contribution is -2.19. The molecule has 102 valence electrons. The van der Waals surface area contributed by atoms with E-state index in [1.807, 2.05) is 0 Å². The zero-order valence-electron chi connectivity index (χ0n) is 10.5. The number of amides is 1. The smallest absolute Gasteiger partial charge is 0.225 e. The molecular weight excluding hydrogens is 259 g/mol. The third-order valence-corrected chi connectivity index (χ3v) is 2.12. The lowest BCUT2D eigenvalue weighted by molar-refractivity contribution is -0.116. The summed E-state index contributed by atoms with van der Waals surface area (Å²) in [5.41, 5.74) is 0.495. The largest absolute Gasteiger partial charge is 0.492 e. The molecule has 0 aliphatic rings. The average Bonchev–Trinajstić information content (AvgIpc) is 2.30. The lowest BCUT2D eigenvalue weighted by atomic mass is 10.2. The number of hydrogen-bond donors (Lipinski definition) is 2. The van der Waals surface area contributed by atoms with Crippen molar-refractivity contribution in [2.24, 2.45) is 0 Å². The van der Waals surface area contributed by atoms with E-state index < -0.39 is 0 Å². The molecule has 0 aliphatic carbocycles. The summed E-state index contributed by atoms with van der Waals surface area (Å²) in [4.78, 5) is 11.5. The van der Waals surface area contributed by atoms with E-state index >= 15 is 0 Å². The highest BCUT2D eigenvalue weighted by atomic mass is 35.5. The zero-order chi connectivity index (χ0) is 12.7. The number of halogens is 2. The number of carbonyl (C=O) groups excluding carboxylic acids is 1. The highest BCUT2D eigenvalue weighted by molar-refractivity contribution is 5.92. The second-order valence-corrected chi connectivity index (χ2v) is 3.48. The molecule has 0 saturated carbocycles. The van der Waals surface area contributed by atoms with Crippen LogP contribution in [0.5, 0.6) is 5.75 Å². The number of carbonyl (C=O) groups is 1. The number of anilines is 1. The first-order valence-electron chi connectivity index (χ1n) is 5.54. The minimum absolute atomic E-state index is 0. The number of ether oxygens (including phenoxy) is 1. The maximum atomic E-state index is 13.0. The first kappa shape index (κ1) is 16.7. The molecular formula is C12H18ClFN2O2. The predicted molar refractivity (Wildman–Crippen MR) is 72.0 cm³/mol. The monoisotopic (exact) mass is 276 g/mol. The second-order valence-electron chi connectivity index (χ2n) is 3.48. The van der Waals surface area contributed by atoms with E-state index in [1.165, 1.54) is 18.2 Å². The van der Waals surface area contributed by atoms with Crippen LogP contribution in [-0.2, 0) is 4.79 Å². The van der Waals surface area contributed by atoms with Crippen LogP contribution in [0.4, 0.5) is 10.1 Å². The van der Waals surface area contributed by atoms with Crippen molar-refractivity contribution < 1.29 is 13.9 Å². The van der Waals surface area contributed by atoms with Gasteiger partial charge in [-0.05, 0) is 26.1 Å². The molecule has 0 fully saturated rings. The molecule has 1 aromatic rings. The minimum atomic E-state index is -0.387. The minimum Gasteiger partial charge on any atom is -0.492 e. The van der Waals surface area contributed by atoms with Gasteiger partial charge in [0.25, 0.3) is 0 Å². The highest BCUT2D eigenvalue weighted by Gasteiger charge is 2.08. The molecule has 2 N–H and O–H groups in total. The Morgan fingerprint density at radius 2 is 2.17 bits per heavy atom. The van der Waals surface area contributed by atoms with Gasteiger partial charge < -0.3 is 15.4 Å². The molecule has 0 unspecified atom stereocenters. The van der Waals surface area contributed by atoms with E-state index in [4.69, 9.17) is 4.74 Å². The molecule has 1 amide bonds. The van der Waals surface area contributed by atoms with Gasteiger partial charge in [0.05, 0.1) is 12.3 Å². The Balaban J connectivity index is 0.00000289. The van der Waals surface area contributed by atoms with Gasteiger partial charge in [0.15, 0.2) is 0 Å². The molecule has 0 aromatic heterocycles. The summed E-state index contributed by atoms with van der Waals surface area (Å²) in [6.45, 7) is 2.82. The van der Waals surface area contributed by atoms with E-state index in [2.05, 4.69) is 10.6 Å². The molecule has 0 aliphatic heterocycles. The van der Waals surface area contributed by atoms with E-state index in [0.29, 0.717) is 31.0 Å². The van der Waals surface area contributed by atoms with Gasteiger partial charge in [-0.3, -0.25) is 4.79 Å². The van der Waals surface area contributed by atoms with Gasteiger partial charge in [-0.25, -0.2) is 4.39 Å². The van der Waals surface area contributed by atoms with Gasteiger partial charge in [-0.2, -0.15) is 0 Å². The Kier molecular flexibility index (Phi) is 8.07. The van der Waals surface area contributed by atoms with Crippen LogP contribution in [0, 0.1) is 5.82 Å². The fraction of sp³-hybridized carbons (Fsp3) is 0.417. The summed E-state index contributed by atoms with van der Waals surface area (Å²) >= 11 is 0. The van der Waals surface area contributed by atoms with Crippen LogP contribution in [-0.4, -0.2) is 26.1 Å². The number of hydrogen-bond acceptors (Lipinski definition) is 3. The SMILES string of the molecule is CCOc1cc(F)ccc1NC(=O)CCNC.Cl. The van der Waals surface area contributed by atoms with Crippen molar-refractivity contribution in [1.82, 2.24) is 5.32 Å². The lowest BCUT2D eigenvalue weighted by Gasteiger charge is -2.11. The van der Waals surface area contributed by atoms with Gasteiger partial charge >= 0.3 is 0 Å². The van der Waals surface area contributed by atoms with Crippen molar-refractivity contribution in [2.45, 2.75) is 13.3 Å². The summed E-state index contributed by atoms with van der Waals surface area (Å²) in [6.07, 6.45) is 0.361. The maximum Gasteiger partial charge on any atom is 0.225 e. The van der Waals surface area contributed by atoms with Gasteiger partial charge in [0.1, 0.15) is 11.6 Å². The van der Waals surface area contributed by atoms with Crippen molar-refractivity contribution in [1.29, 1.82) is 0 Å². The summed E-state index contributed by atoms with van der Waals surface area (Å²) in [5.74, 6) is -0.168. The van der Waals surface area contributed by atoms with E-state index in [1.54, 1.807) is 14.0 Å². The van der Waals surface area contributed by atoms with Crippen LogP contribution >= 0.6 is 12.4 Å². The summed E-state index contributed by atoms with van der Waals surface area (Å²) < 4.78 is 18.3. The molecule has 4 nitrogen and oxygen atoms in total. The van der Waals surface area contributed by atoms with Crippen molar-refractivity contribution in [3.05, 3.63) is 24.0 Å². The zero-order valence-corrected chi connectivity index (χ0v) is 11.3. The van der Waals surface area contributed by atoms with Gasteiger partial charge in [-0.1, -0.05) is 0 Å². The van der Waals surface area contributed by atoms with Crippen LogP contribution < -0.4 is 15.4 Å². The fourth-order valence-electron chi connectivity index (χ4n) is 1.33. The predicted octanol–water partition coefficient (Wildman–Crippen LogP) is 2.19. The van der Waals surface area contributed by atoms with E-state index in [0.717, 1.165) is 0 Å². The summed E-state index contributed by atoms with van der Waals surface area (Å²) in [6, 6.07) is 4.05. The van der Waals surface area contributed by atoms with Gasteiger partial charge in [-0.15, -0.1) is 12.4 Å². The molecule has 0 heterocycles. The Morgan fingerprint density at radius 1 is 1.44 bits per heavy atom. The number of benzene rings is 1. The Hall–Kier alpha value is -1.33. The molecule has 1 aromatic carbocycles. The van der Waals surface area contributed by atoms with Crippen molar-refractivity contribution in [2.75, 3.05) is 25.5 Å². The first-order valence-corrected chi connectivity index (χ1v) is 5.54. The maximum absolute atomic E-state index is 13.0. The van der Waals surface area contributed by atoms with Gasteiger partial charge in [0, 0.05) is 19.0 Å². The third-order valence-electron chi connectivity index (χ3n) is 2.12. The van der Waals surface area contributed by atoms with Crippen LogP contribution in [0.25, 0.3) is 0 Å². The quantitative estimate of drug-likeness (QED) is 0.837. The molecule has 18 heavy (non-hydrogen) atoms. The van der Waals surface area contributed by atoms with Crippen LogP contribution in [0.2, 0.25) is 0 Å². The number of nitrogens with one attached hydrogen (secondary N) is 2. The van der Waals surface area contributed by atoms with E-state index in [-0.39, 0.29) is 24.1 Å². The summed E-state index contributed by atoms with van der Waals surface area (Å²) in [5, 5.41) is 5.57. The van der Waals surface area contributed by atoms with Crippen LogP contribution in [0.1, 0.15) is 13.3 Å². The molecule has 0 bridgehead atoms. The molecule has 0 atom stereocenters. The standard InChI is InChI=1S/C12H17FN2O2.ClH/c1-3-17-11-8-9(13)4-5-10(11)15-12(16)6-7-14-2;/h4-5,8,14H,3,6-7H2,1-2H3,(H,15,16);1H.